The molecule has 0 saturated heterocycles. The fourth-order valence-electron chi connectivity index (χ4n) is 1.96. The van der Waals surface area contributed by atoms with E-state index >= 15 is 0 Å². The maximum atomic E-state index is 12.3. The topological polar surface area (TPSA) is 55.6 Å². The second-order valence-electron chi connectivity index (χ2n) is 5.06. The number of hydrogen-bond acceptors (Lipinski definition) is 3. The largest absolute Gasteiger partial charge is 0.496 e. The zero-order valence-corrected chi connectivity index (χ0v) is 14.1. The monoisotopic (exact) mass is 342 g/mol. The summed E-state index contributed by atoms with van der Waals surface area (Å²) >= 11 is 3.43. The molecule has 0 aliphatic rings. The lowest BCUT2D eigenvalue weighted by Gasteiger charge is -2.25. The van der Waals surface area contributed by atoms with Gasteiger partial charge in [0.2, 0.25) is 5.91 Å². The van der Waals surface area contributed by atoms with Crippen molar-refractivity contribution in [2.75, 3.05) is 14.2 Å². The van der Waals surface area contributed by atoms with Gasteiger partial charge in [0.1, 0.15) is 5.75 Å². The van der Waals surface area contributed by atoms with E-state index in [1.165, 1.54) is 0 Å². The minimum Gasteiger partial charge on any atom is -0.496 e. The van der Waals surface area contributed by atoms with Gasteiger partial charge in [-0.05, 0) is 24.1 Å². The minimum atomic E-state index is -0.455. The summed E-state index contributed by atoms with van der Waals surface area (Å²) in [5.41, 5.74) is 6.95. The van der Waals surface area contributed by atoms with Crippen molar-refractivity contribution in [1.82, 2.24) is 4.90 Å². The van der Waals surface area contributed by atoms with Crippen LogP contribution in [0.1, 0.15) is 25.8 Å². The molecule has 0 aliphatic heterocycles. The molecule has 1 aromatic carbocycles. The van der Waals surface area contributed by atoms with E-state index in [1.807, 2.05) is 32.0 Å². The van der Waals surface area contributed by atoms with Crippen LogP contribution in [0, 0.1) is 5.92 Å². The number of rotatable bonds is 6. The average molecular weight is 343 g/mol. The number of likely N-dealkylation sites (N-methyl/N-ethyl adjacent to an activating group) is 1. The average Bonchev–Trinajstić information content (AvgIpc) is 2.45. The predicted octanol–water partition coefficient (Wildman–Crippen LogP) is 2.79. The molecule has 20 heavy (non-hydrogen) atoms. The van der Waals surface area contributed by atoms with Crippen LogP contribution in [0.25, 0.3) is 0 Å². The number of carbonyl (C=O) groups excluding carboxylic acids is 1. The Morgan fingerprint density at radius 1 is 1.50 bits per heavy atom. The zero-order valence-electron chi connectivity index (χ0n) is 12.5. The molecule has 1 aromatic rings. The summed E-state index contributed by atoms with van der Waals surface area (Å²) in [6.07, 6.45) is 0.890. The summed E-state index contributed by atoms with van der Waals surface area (Å²) in [6, 6.07) is 5.29. The van der Waals surface area contributed by atoms with E-state index in [0.717, 1.165) is 22.2 Å². The third-order valence-corrected chi connectivity index (χ3v) is 4.06. The molecule has 1 unspecified atom stereocenters. The Balaban J connectivity index is 2.82. The molecule has 0 fully saturated rings. The summed E-state index contributed by atoms with van der Waals surface area (Å²) in [5.74, 6) is 0.903. The normalized spacial score (nSPS) is 13.7. The van der Waals surface area contributed by atoms with Crippen LogP contribution in [-0.2, 0) is 11.3 Å². The highest BCUT2D eigenvalue weighted by atomic mass is 79.9. The first kappa shape index (κ1) is 17.0. The first-order valence-electron chi connectivity index (χ1n) is 6.73. The highest BCUT2D eigenvalue weighted by Crippen LogP contribution is 2.24. The van der Waals surface area contributed by atoms with Crippen molar-refractivity contribution in [3.05, 3.63) is 28.2 Å². The van der Waals surface area contributed by atoms with Crippen molar-refractivity contribution in [2.45, 2.75) is 32.9 Å². The number of amides is 1. The SMILES string of the molecule is CCC(C)[C@H](N)C(=O)N(C)Cc1cc(Br)ccc1OC. The number of nitrogens with zero attached hydrogens (tertiary/aromatic N) is 1. The van der Waals surface area contributed by atoms with E-state index in [9.17, 15) is 4.79 Å². The Morgan fingerprint density at radius 2 is 2.15 bits per heavy atom. The number of nitrogens with two attached hydrogens (primary N) is 1. The van der Waals surface area contributed by atoms with Gasteiger partial charge in [0.15, 0.2) is 0 Å². The van der Waals surface area contributed by atoms with E-state index in [2.05, 4.69) is 15.9 Å². The Morgan fingerprint density at radius 3 is 2.70 bits per heavy atom. The molecule has 1 amide bonds. The predicted molar refractivity (Wildman–Crippen MR) is 84.6 cm³/mol. The van der Waals surface area contributed by atoms with Crippen LogP contribution < -0.4 is 10.5 Å². The van der Waals surface area contributed by atoms with E-state index < -0.39 is 6.04 Å². The number of methoxy groups -OCH3 is 1. The molecule has 0 aliphatic carbocycles. The van der Waals surface area contributed by atoms with Gasteiger partial charge in [-0.25, -0.2) is 0 Å². The third-order valence-electron chi connectivity index (χ3n) is 3.57. The number of hydrogen-bond donors (Lipinski definition) is 1. The minimum absolute atomic E-state index is 0.0404. The smallest absolute Gasteiger partial charge is 0.239 e. The van der Waals surface area contributed by atoms with Crippen molar-refractivity contribution in [3.63, 3.8) is 0 Å². The van der Waals surface area contributed by atoms with Crippen LogP contribution in [0.5, 0.6) is 5.75 Å². The molecule has 0 bridgehead atoms. The summed E-state index contributed by atoms with van der Waals surface area (Å²) in [4.78, 5) is 13.9. The molecule has 0 saturated carbocycles. The summed E-state index contributed by atoms with van der Waals surface area (Å²) in [5, 5.41) is 0. The fraction of sp³-hybridized carbons (Fsp3) is 0.533. The van der Waals surface area contributed by atoms with Crippen molar-refractivity contribution in [3.8, 4) is 5.75 Å². The van der Waals surface area contributed by atoms with Crippen molar-refractivity contribution >= 4 is 21.8 Å². The first-order valence-corrected chi connectivity index (χ1v) is 7.53. The van der Waals surface area contributed by atoms with Crippen LogP contribution in [0.3, 0.4) is 0 Å². The van der Waals surface area contributed by atoms with Gasteiger partial charge in [0.05, 0.1) is 13.2 Å². The molecule has 2 atom stereocenters. The molecule has 2 N–H and O–H groups in total. The third kappa shape index (κ3) is 4.21. The molecule has 0 aromatic heterocycles. The molecular formula is C15H23BrN2O2. The molecular weight excluding hydrogens is 320 g/mol. The van der Waals surface area contributed by atoms with E-state index in [4.69, 9.17) is 10.5 Å². The molecule has 0 heterocycles. The Kier molecular flexibility index (Phi) is 6.49. The van der Waals surface area contributed by atoms with Crippen molar-refractivity contribution < 1.29 is 9.53 Å². The van der Waals surface area contributed by atoms with Gasteiger partial charge in [0.25, 0.3) is 0 Å². The molecule has 0 spiro atoms. The quantitative estimate of drug-likeness (QED) is 0.864. The molecule has 1 rings (SSSR count). The van der Waals surface area contributed by atoms with Crippen LogP contribution in [-0.4, -0.2) is 31.0 Å². The summed E-state index contributed by atoms with van der Waals surface area (Å²) in [7, 11) is 3.39. The number of halogens is 1. The maximum absolute atomic E-state index is 12.3. The molecule has 112 valence electrons. The van der Waals surface area contributed by atoms with Gasteiger partial charge in [-0.3, -0.25) is 4.79 Å². The Hall–Kier alpha value is -1.07. The second kappa shape index (κ2) is 7.64. The van der Waals surface area contributed by atoms with Gasteiger partial charge in [0, 0.05) is 23.6 Å². The van der Waals surface area contributed by atoms with Crippen LogP contribution in [0.2, 0.25) is 0 Å². The van der Waals surface area contributed by atoms with Crippen molar-refractivity contribution in [1.29, 1.82) is 0 Å². The number of benzene rings is 1. The lowest BCUT2D eigenvalue weighted by atomic mass is 9.99. The van der Waals surface area contributed by atoms with Crippen molar-refractivity contribution in [2.24, 2.45) is 11.7 Å². The van der Waals surface area contributed by atoms with E-state index in [-0.39, 0.29) is 11.8 Å². The lowest BCUT2D eigenvalue weighted by Crippen LogP contribution is -2.45. The van der Waals surface area contributed by atoms with E-state index in [1.54, 1.807) is 19.1 Å². The van der Waals surface area contributed by atoms with Gasteiger partial charge in [-0.2, -0.15) is 0 Å². The lowest BCUT2D eigenvalue weighted by molar-refractivity contribution is -0.132. The highest BCUT2D eigenvalue weighted by Gasteiger charge is 2.23. The van der Waals surface area contributed by atoms with Crippen LogP contribution in [0.15, 0.2) is 22.7 Å². The Bertz CT molecular complexity index is 465. The maximum Gasteiger partial charge on any atom is 0.239 e. The number of ether oxygens (including phenoxy) is 1. The van der Waals surface area contributed by atoms with Crippen LogP contribution in [0.4, 0.5) is 0 Å². The first-order chi connectivity index (χ1) is 9.40. The van der Waals surface area contributed by atoms with E-state index in [0.29, 0.717) is 6.54 Å². The highest BCUT2D eigenvalue weighted by molar-refractivity contribution is 9.10. The molecule has 4 nitrogen and oxygen atoms in total. The summed E-state index contributed by atoms with van der Waals surface area (Å²) in [6.45, 7) is 4.51. The molecule has 0 radical (unpaired) electrons. The molecule has 5 heteroatoms. The Labute approximate surface area is 129 Å². The second-order valence-corrected chi connectivity index (χ2v) is 5.98. The van der Waals surface area contributed by atoms with Crippen LogP contribution >= 0.6 is 15.9 Å². The fourth-order valence-corrected chi connectivity index (χ4v) is 2.36. The van der Waals surface area contributed by atoms with Gasteiger partial charge >= 0.3 is 0 Å². The zero-order chi connectivity index (χ0) is 15.3. The summed E-state index contributed by atoms with van der Waals surface area (Å²) < 4.78 is 6.28. The van der Waals surface area contributed by atoms with Gasteiger partial charge in [-0.1, -0.05) is 36.2 Å². The van der Waals surface area contributed by atoms with Gasteiger partial charge < -0.3 is 15.4 Å². The van der Waals surface area contributed by atoms with Gasteiger partial charge in [-0.15, -0.1) is 0 Å². The number of carbonyl (C=O) groups is 1. The standard InChI is InChI=1S/C15H23BrN2O2/c1-5-10(2)14(17)15(19)18(3)9-11-8-12(16)6-7-13(11)20-4/h6-8,10,14H,5,9,17H2,1-4H3/t10?,14-/m0/s1.